The quantitative estimate of drug-likeness (QED) is 0.561. The highest BCUT2D eigenvalue weighted by molar-refractivity contribution is 5.96. The van der Waals surface area contributed by atoms with Crippen LogP contribution < -0.4 is 0 Å². The Morgan fingerprint density at radius 3 is 1.88 bits per heavy atom. The average Bonchev–Trinajstić information content (AvgIpc) is 2.35. The van der Waals surface area contributed by atoms with Crippen LogP contribution in [-0.4, -0.2) is 18.9 Å². The Labute approximate surface area is 104 Å². The molecule has 0 amide bonds. The molecule has 0 bridgehead atoms. The summed E-state index contributed by atoms with van der Waals surface area (Å²) >= 11 is 0. The minimum atomic E-state index is -0.396. The molecule has 0 N–H and O–H groups in total. The number of esters is 1. The molecular weight excluding hydrogens is 216 g/mol. The van der Waals surface area contributed by atoms with Crippen molar-refractivity contribution in [3.63, 3.8) is 0 Å². The normalized spacial score (nSPS) is 19.6. The van der Waals surface area contributed by atoms with E-state index in [1.54, 1.807) is 0 Å². The molecule has 3 heteroatoms. The van der Waals surface area contributed by atoms with E-state index in [1.165, 1.54) is 39.2 Å². The lowest BCUT2D eigenvalue weighted by Crippen LogP contribution is -2.19. The van der Waals surface area contributed by atoms with Gasteiger partial charge in [0, 0.05) is 5.92 Å². The van der Waals surface area contributed by atoms with Crippen molar-refractivity contribution in [2.24, 2.45) is 5.92 Å². The van der Waals surface area contributed by atoms with Crippen LogP contribution in [0.3, 0.4) is 0 Å². The van der Waals surface area contributed by atoms with Gasteiger partial charge >= 0.3 is 5.97 Å². The summed E-state index contributed by atoms with van der Waals surface area (Å²) < 4.78 is 4.55. The summed E-state index contributed by atoms with van der Waals surface area (Å²) in [5.41, 5.74) is 0. The molecule has 0 aromatic heterocycles. The van der Waals surface area contributed by atoms with Crippen LogP contribution in [0.4, 0.5) is 0 Å². The van der Waals surface area contributed by atoms with E-state index >= 15 is 0 Å². The first-order valence-electron chi connectivity index (χ1n) is 6.83. The van der Waals surface area contributed by atoms with Crippen molar-refractivity contribution in [1.29, 1.82) is 0 Å². The second-order valence-electron chi connectivity index (χ2n) is 4.97. The minimum absolute atomic E-state index is 0.0405. The topological polar surface area (TPSA) is 43.4 Å². The van der Waals surface area contributed by atoms with Gasteiger partial charge in [-0.3, -0.25) is 9.59 Å². The van der Waals surface area contributed by atoms with E-state index in [0.717, 1.165) is 25.7 Å². The Bertz CT molecular complexity index is 238. The van der Waals surface area contributed by atoms with E-state index in [0.29, 0.717) is 0 Å². The lowest BCUT2D eigenvalue weighted by molar-refractivity contribution is -0.144. The zero-order valence-electron chi connectivity index (χ0n) is 10.9. The summed E-state index contributed by atoms with van der Waals surface area (Å²) in [6.07, 6.45) is 10.5. The molecule has 0 aliphatic heterocycles. The third-order valence-electron chi connectivity index (χ3n) is 3.61. The van der Waals surface area contributed by atoms with Crippen molar-refractivity contribution < 1.29 is 14.3 Å². The molecule has 1 aliphatic carbocycles. The fraction of sp³-hybridized carbons (Fsp3) is 0.857. The second kappa shape index (κ2) is 8.26. The third-order valence-corrected chi connectivity index (χ3v) is 3.61. The molecule has 1 saturated carbocycles. The van der Waals surface area contributed by atoms with Gasteiger partial charge in [0.25, 0.3) is 0 Å². The zero-order chi connectivity index (χ0) is 12.5. The van der Waals surface area contributed by atoms with E-state index in [2.05, 4.69) is 4.74 Å². The Hall–Kier alpha value is -0.860. The predicted octanol–water partition coefficient (Wildman–Crippen LogP) is 3.26. The van der Waals surface area contributed by atoms with Crippen molar-refractivity contribution in [3.8, 4) is 0 Å². The van der Waals surface area contributed by atoms with Crippen molar-refractivity contribution in [2.75, 3.05) is 7.11 Å². The number of hydrogen-bond acceptors (Lipinski definition) is 3. The summed E-state index contributed by atoms with van der Waals surface area (Å²) in [5.74, 6) is -0.225. The highest BCUT2D eigenvalue weighted by atomic mass is 16.5. The Balaban J connectivity index is 2.40. The van der Waals surface area contributed by atoms with E-state index < -0.39 is 5.97 Å². The summed E-state index contributed by atoms with van der Waals surface area (Å²) in [6, 6.07) is 0. The van der Waals surface area contributed by atoms with Crippen molar-refractivity contribution in [1.82, 2.24) is 0 Å². The van der Waals surface area contributed by atoms with Crippen LogP contribution >= 0.6 is 0 Å². The van der Waals surface area contributed by atoms with E-state index in [1.807, 2.05) is 0 Å². The van der Waals surface area contributed by atoms with Crippen molar-refractivity contribution >= 4 is 11.8 Å². The van der Waals surface area contributed by atoms with E-state index in [9.17, 15) is 9.59 Å². The molecule has 0 heterocycles. The molecule has 1 aliphatic rings. The summed E-state index contributed by atoms with van der Waals surface area (Å²) in [5, 5.41) is 0. The Kier molecular flexibility index (Phi) is 6.90. The number of ketones is 1. The van der Waals surface area contributed by atoms with Crippen LogP contribution in [0.25, 0.3) is 0 Å². The third kappa shape index (κ3) is 5.85. The van der Waals surface area contributed by atoms with Crippen LogP contribution in [0.5, 0.6) is 0 Å². The molecule has 1 fully saturated rings. The maximum atomic E-state index is 11.9. The molecule has 0 saturated heterocycles. The van der Waals surface area contributed by atoms with Gasteiger partial charge in [-0.2, -0.15) is 0 Å². The number of methoxy groups -OCH3 is 1. The molecule has 3 nitrogen and oxygen atoms in total. The van der Waals surface area contributed by atoms with E-state index in [-0.39, 0.29) is 18.1 Å². The van der Waals surface area contributed by atoms with Crippen molar-refractivity contribution in [2.45, 2.75) is 64.2 Å². The SMILES string of the molecule is COC(=O)CC(=O)C1CCCCCCCCC1. The monoisotopic (exact) mass is 240 g/mol. The van der Waals surface area contributed by atoms with Crippen LogP contribution in [0.15, 0.2) is 0 Å². The summed E-state index contributed by atoms with van der Waals surface area (Å²) in [4.78, 5) is 23.0. The number of rotatable bonds is 3. The maximum absolute atomic E-state index is 11.9. The van der Waals surface area contributed by atoms with Gasteiger partial charge in [-0.1, -0.05) is 44.9 Å². The number of hydrogen-bond donors (Lipinski definition) is 0. The highest BCUT2D eigenvalue weighted by Crippen LogP contribution is 2.23. The first-order valence-corrected chi connectivity index (χ1v) is 6.83. The minimum Gasteiger partial charge on any atom is -0.469 e. The van der Waals surface area contributed by atoms with Gasteiger partial charge in [-0.05, 0) is 12.8 Å². The number of carbonyl (C=O) groups excluding carboxylic acids is 2. The Morgan fingerprint density at radius 1 is 0.941 bits per heavy atom. The van der Waals surface area contributed by atoms with Gasteiger partial charge in [-0.25, -0.2) is 0 Å². The second-order valence-corrected chi connectivity index (χ2v) is 4.97. The Morgan fingerprint density at radius 2 is 1.41 bits per heavy atom. The smallest absolute Gasteiger partial charge is 0.313 e. The maximum Gasteiger partial charge on any atom is 0.313 e. The first-order chi connectivity index (χ1) is 8.24. The number of Topliss-reactive ketones (excluding diaryl/α,β-unsaturated/α-hetero) is 1. The van der Waals surface area contributed by atoms with Gasteiger partial charge < -0.3 is 4.74 Å². The summed E-state index contributed by atoms with van der Waals surface area (Å²) in [6.45, 7) is 0. The molecular formula is C14H24O3. The van der Waals surface area contributed by atoms with Gasteiger partial charge in [0.1, 0.15) is 12.2 Å². The molecule has 0 unspecified atom stereocenters. The van der Waals surface area contributed by atoms with Gasteiger partial charge in [0.15, 0.2) is 0 Å². The largest absolute Gasteiger partial charge is 0.469 e. The van der Waals surface area contributed by atoms with Crippen LogP contribution in [0.2, 0.25) is 0 Å². The van der Waals surface area contributed by atoms with Crippen LogP contribution in [0, 0.1) is 5.92 Å². The molecule has 98 valence electrons. The summed E-state index contributed by atoms with van der Waals surface area (Å²) in [7, 11) is 1.34. The molecule has 0 aromatic rings. The molecule has 1 rings (SSSR count). The lowest BCUT2D eigenvalue weighted by atomic mass is 9.88. The van der Waals surface area contributed by atoms with Gasteiger partial charge in [0.2, 0.25) is 0 Å². The zero-order valence-corrected chi connectivity index (χ0v) is 10.9. The van der Waals surface area contributed by atoms with E-state index in [4.69, 9.17) is 0 Å². The predicted molar refractivity (Wildman–Crippen MR) is 66.7 cm³/mol. The van der Waals surface area contributed by atoms with Crippen LogP contribution in [-0.2, 0) is 14.3 Å². The molecule has 0 radical (unpaired) electrons. The fourth-order valence-corrected chi connectivity index (χ4v) is 2.49. The van der Waals surface area contributed by atoms with Crippen molar-refractivity contribution in [3.05, 3.63) is 0 Å². The van der Waals surface area contributed by atoms with Crippen LogP contribution in [0.1, 0.15) is 64.2 Å². The number of ether oxygens (including phenoxy) is 1. The lowest BCUT2D eigenvalue weighted by Gasteiger charge is -2.16. The molecule has 0 atom stereocenters. The molecule has 0 aromatic carbocycles. The first kappa shape index (κ1) is 14.2. The van der Waals surface area contributed by atoms with Gasteiger partial charge in [-0.15, -0.1) is 0 Å². The molecule has 17 heavy (non-hydrogen) atoms. The highest BCUT2D eigenvalue weighted by Gasteiger charge is 2.21. The number of carbonyl (C=O) groups is 2. The fourth-order valence-electron chi connectivity index (χ4n) is 2.49. The average molecular weight is 240 g/mol. The standard InChI is InChI=1S/C14H24O3/c1-17-14(16)11-13(15)12-9-7-5-3-2-4-6-8-10-12/h12H,2-11H2,1H3. The van der Waals surface area contributed by atoms with Gasteiger partial charge in [0.05, 0.1) is 7.11 Å². The molecule has 0 spiro atoms.